The Morgan fingerprint density at radius 2 is 1.59 bits per heavy atom. The Hall–Kier alpha value is -0.360. The van der Waals surface area contributed by atoms with Gasteiger partial charge in [-0.25, -0.2) is 17.6 Å². The average molecular weight is 328 g/mol. The lowest BCUT2D eigenvalue weighted by Gasteiger charge is -2.42. The van der Waals surface area contributed by atoms with E-state index in [1.165, 1.54) is 0 Å². The van der Waals surface area contributed by atoms with Gasteiger partial charge < -0.3 is 9.22 Å². The Kier molecular flexibility index (Phi) is 5.94. The van der Waals surface area contributed by atoms with Crippen molar-refractivity contribution in [1.82, 2.24) is 0 Å². The van der Waals surface area contributed by atoms with Crippen molar-refractivity contribution in [3.63, 3.8) is 0 Å². The van der Waals surface area contributed by atoms with Crippen molar-refractivity contribution < 1.29 is 26.8 Å². The van der Waals surface area contributed by atoms with Crippen LogP contribution in [0.4, 0.5) is 17.6 Å². The normalized spacial score (nSPS) is 23.3. The van der Waals surface area contributed by atoms with Crippen LogP contribution in [0.1, 0.15) is 40.5 Å². The molecule has 0 radical (unpaired) electrons. The molecule has 0 saturated carbocycles. The molecule has 0 bridgehead atoms. The van der Waals surface area contributed by atoms with Crippen molar-refractivity contribution in [3.8, 4) is 0 Å². The summed E-state index contributed by atoms with van der Waals surface area (Å²) >= 11 is 0. The van der Waals surface area contributed by atoms with Crippen LogP contribution in [-0.4, -0.2) is 62.1 Å². The van der Waals surface area contributed by atoms with Crippen molar-refractivity contribution in [1.29, 1.82) is 0 Å². The largest absolute Gasteiger partial charge is 0.372 e. The molecule has 1 heterocycles. The number of likely N-dealkylation sites (N-methyl/N-ethyl adjacent to an activating group) is 1. The molecule has 0 aliphatic carbocycles. The quantitative estimate of drug-likeness (QED) is 0.372. The third-order valence-electron chi connectivity index (χ3n) is 5.25. The molecule has 2 nitrogen and oxygen atoms in total. The van der Waals surface area contributed by atoms with Gasteiger partial charge in [-0.05, 0) is 13.8 Å². The van der Waals surface area contributed by atoms with Crippen molar-refractivity contribution >= 4 is 0 Å². The second-order valence-corrected chi connectivity index (χ2v) is 7.66. The number of hydrogen-bond donors (Lipinski definition) is 0. The summed E-state index contributed by atoms with van der Waals surface area (Å²) in [4.78, 5) is 0. The third-order valence-corrected chi connectivity index (χ3v) is 5.25. The molecule has 132 valence electrons. The van der Waals surface area contributed by atoms with Gasteiger partial charge in [-0.2, -0.15) is 0 Å². The molecular weight excluding hydrogens is 298 g/mol. The number of ether oxygens (including phenoxy) is 1. The molecule has 0 amide bonds. The molecule has 1 saturated heterocycles. The monoisotopic (exact) mass is 328 g/mol. The molecule has 6 heteroatoms. The fourth-order valence-electron chi connectivity index (χ4n) is 2.88. The minimum atomic E-state index is -3.82. The summed E-state index contributed by atoms with van der Waals surface area (Å²) in [5, 5.41) is 0. The van der Waals surface area contributed by atoms with Gasteiger partial charge in [0, 0.05) is 12.8 Å². The van der Waals surface area contributed by atoms with Crippen molar-refractivity contribution in [2.24, 2.45) is 5.41 Å². The zero-order valence-corrected chi connectivity index (χ0v) is 14.4. The number of quaternary nitrogens is 1. The van der Waals surface area contributed by atoms with E-state index in [9.17, 15) is 17.6 Å². The standard InChI is InChI=1S/C16H30F4NO/c1-13(17)14(2,3)16(19,20)15(4,18)12-22-11-10-21(5)8-6-7-9-21/h13H,6-12H2,1-5H3/q+1. The van der Waals surface area contributed by atoms with Gasteiger partial charge in [0.1, 0.15) is 12.7 Å². The number of nitrogens with zero attached hydrogens (tertiary/aromatic N) is 1. The molecule has 0 N–H and O–H groups in total. The lowest BCUT2D eigenvalue weighted by molar-refractivity contribution is -0.898. The number of hydrogen-bond acceptors (Lipinski definition) is 1. The predicted octanol–water partition coefficient (Wildman–Crippen LogP) is 3.99. The third kappa shape index (κ3) is 3.94. The van der Waals surface area contributed by atoms with Crippen LogP contribution < -0.4 is 0 Å². The molecule has 0 aromatic heterocycles. The van der Waals surface area contributed by atoms with Crippen LogP contribution in [0, 0.1) is 5.41 Å². The maximum absolute atomic E-state index is 14.5. The summed E-state index contributed by atoms with van der Waals surface area (Å²) in [7, 11) is 2.09. The Bertz CT molecular complexity index is 363. The van der Waals surface area contributed by atoms with E-state index >= 15 is 0 Å². The van der Waals surface area contributed by atoms with Crippen molar-refractivity contribution in [2.75, 3.05) is 39.9 Å². The molecule has 0 aromatic rings. The van der Waals surface area contributed by atoms with Gasteiger partial charge >= 0.3 is 0 Å². The van der Waals surface area contributed by atoms with Gasteiger partial charge in [-0.3, -0.25) is 0 Å². The van der Waals surface area contributed by atoms with Crippen molar-refractivity contribution in [3.05, 3.63) is 0 Å². The van der Waals surface area contributed by atoms with E-state index in [1.807, 2.05) is 0 Å². The van der Waals surface area contributed by atoms with E-state index in [0.717, 1.165) is 58.1 Å². The van der Waals surface area contributed by atoms with E-state index in [1.54, 1.807) is 0 Å². The summed E-state index contributed by atoms with van der Waals surface area (Å²) in [5.41, 5.74) is -4.99. The first-order valence-corrected chi connectivity index (χ1v) is 7.98. The topological polar surface area (TPSA) is 9.23 Å². The SMILES string of the molecule is CC(F)C(C)(C)C(F)(F)C(C)(F)COCC[N+]1(C)CCCC1. The molecule has 1 aliphatic heterocycles. The van der Waals surface area contributed by atoms with E-state index in [4.69, 9.17) is 4.74 Å². The fraction of sp³-hybridized carbons (Fsp3) is 1.00. The number of alkyl halides is 4. The zero-order chi connectivity index (χ0) is 17.2. The van der Waals surface area contributed by atoms with Crippen LogP contribution in [0.5, 0.6) is 0 Å². The predicted molar refractivity (Wildman–Crippen MR) is 79.6 cm³/mol. The van der Waals surface area contributed by atoms with Gasteiger partial charge in [-0.1, -0.05) is 13.8 Å². The molecule has 1 fully saturated rings. The Morgan fingerprint density at radius 1 is 1.09 bits per heavy atom. The highest BCUT2D eigenvalue weighted by Crippen LogP contribution is 2.49. The van der Waals surface area contributed by atoms with Crippen molar-refractivity contribution in [2.45, 2.75) is 58.3 Å². The number of halogens is 4. The molecule has 2 unspecified atom stereocenters. The smallest absolute Gasteiger partial charge is 0.291 e. The molecule has 0 aromatic carbocycles. The maximum atomic E-state index is 14.5. The molecule has 1 aliphatic rings. The summed E-state index contributed by atoms with van der Waals surface area (Å²) < 4.78 is 62.6. The minimum Gasteiger partial charge on any atom is -0.372 e. The Labute approximate surface area is 131 Å². The first-order valence-electron chi connectivity index (χ1n) is 7.98. The minimum absolute atomic E-state index is 0.234. The van der Waals surface area contributed by atoms with Crippen LogP contribution in [0.2, 0.25) is 0 Å². The summed E-state index contributed by atoms with van der Waals surface area (Å²) in [5.74, 6) is -3.82. The van der Waals surface area contributed by atoms with E-state index in [0.29, 0.717) is 6.54 Å². The summed E-state index contributed by atoms with van der Waals surface area (Å²) in [6.07, 6.45) is 0.474. The second kappa shape index (κ2) is 6.63. The van der Waals surface area contributed by atoms with Crippen LogP contribution >= 0.6 is 0 Å². The highest BCUT2D eigenvalue weighted by Gasteiger charge is 2.63. The maximum Gasteiger partial charge on any atom is 0.291 e. The lowest BCUT2D eigenvalue weighted by Crippen LogP contribution is -2.57. The first kappa shape index (κ1) is 19.7. The number of rotatable bonds is 8. The van der Waals surface area contributed by atoms with Gasteiger partial charge in [-0.15, -0.1) is 0 Å². The van der Waals surface area contributed by atoms with Crippen LogP contribution in [0.25, 0.3) is 0 Å². The van der Waals surface area contributed by atoms with Gasteiger partial charge in [0.2, 0.25) is 0 Å². The fourth-order valence-corrected chi connectivity index (χ4v) is 2.88. The second-order valence-electron chi connectivity index (χ2n) is 7.66. The molecule has 2 atom stereocenters. The van der Waals surface area contributed by atoms with Gasteiger partial charge in [0.25, 0.3) is 5.92 Å². The van der Waals surface area contributed by atoms with Gasteiger partial charge in [0.05, 0.1) is 38.8 Å². The lowest BCUT2D eigenvalue weighted by atomic mass is 9.75. The summed E-state index contributed by atoms with van der Waals surface area (Å²) in [6, 6.07) is 0. The molecule has 0 spiro atoms. The Balaban J connectivity index is 2.55. The summed E-state index contributed by atoms with van der Waals surface area (Å²) in [6.45, 7) is 6.19. The van der Waals surface area contributed by atoms with Crippen LogP contribution in [0.3, 0.4) is 0 Å². The van der Waals surface area contributed by atoms with E-state index < -0.39 is 29.8 Å². The van der Waals surface area contributed by atoms with E-state index in [2.05, 4.69) is 7.05 Å². The molecule has 22 heavy (non-hydrogen) atoms. The van der Waals surface area contributed by atoms with Crippen LogP contribution in [-0.2, 0) is 4.74 Å². The van der Waals surface area contributed by atoms with Gasteiger partial charge in [0.15, 0.2) is 5.67 Å². The molecular formula is C16H30F4NO+. The highest BCUT2D eigenvalue weighted by atomic mass is 19.3. The average Bonchev–Trinajstić information content (AvgIpc) is 2.81. The number of likely N-dealkylation sites (tertiary alicyclic amines) is 1. The first-order chi connectivity index (χ1) is 9.86. The Morgan fingerprint density at radius 3 is 2.05 bits per heavy atom. The van der Waals surface area contributed by atoms with E-state index in [-0.39, 0.29) is 6.61 Å². The molecule has 1 rings (SSSR count). The highest BCUT2D eigenvalue weighted by molar-refractivity contribution is 5.01. The van der Waals surface area contributed by atoms with Crippen LogP contribution in [0.15, 0.2) is 0 Å². The zero-order valence-electron chi connectivity index (χ0n) is 14.4.